The summed E-state index contributed by atoms with van der Waals surface area (Å²) in [4.78, 5) is 0. The predicted octanol–water partition coefficient (Wildman–Crippen LogP) is 2.13. The summed E-state index contributed by atoms with van der Waals surface area (Å²) in [6.07, 6.45) is 0. The van der Waals surface area contributed by atoms with E-state index in [1.165, 1.54) is 0 Å². The number of rotatable bonds is 1. The molecular weight excluding hydrogens is 95.0 g/mol. The van der Waals surface area contributed by atoms with Crippen molar-refractivity contribution >= 4 is 8.81 Å². The smallest absolute Gasteiger partial charge is 0.0394 e. The maximum atomic E-state index is 4.57. The largest absolute Gasteiger partial charge is 0.366 e. The summed E-state index contributed by atoms with van der Waals surface area (Å²) in [6.45, 7) is 1.99. The molecule has 0 saturated heterocycles. The van der Waals surface area contributed by atoms with Gasteiger partial charge in [0.05, 0.1) is 0 Å². The molecule has 6 heavy (non-hydrogen) atoms. The molecule has 2 heteroatoms. The van der Waals surface area contributed by atoms with E-state index < -0.39 is 0 Å². The first-order valence-electron chi connectivity index (χ1n) is 1.11. The van der Waals surface area contributed by atoms with E-state index in [9.17, 15) is 0 Å². The molecule has 0 N–H and O–H groups in total. The molecule has 1 unspecified atom stereocenters. The van der Waals surface area contributed by atoms with E-state index >= 15 is 0 Å². The normalized spacial score (nSPS) is 7.00. The molecule has 0 aliphatic rings. The van der Waals surface area contributed by atoms with Gasteiger partial charge in [0.25, 0.3) is 0 Å². The second kappa shape index (κ2) is 18.2. The van der Waals surface area contributed by atoms with Gasteiger partial charge in [-0.05, 0) is 6.66 Å². The third kappa shape index (κ3) is 26.1. The molecule has 0 radical (unpaired) electrons. The lowest BCUT2D eigenvalue weighted by molar-refractivity contribution is 0.479. The van der Waals surface area contributed by atoms with Crippen molar-refractivity contribution in [2.45, 2.75) is 14.9 Å². The summed E-state index contributed by atoms with van der Waals surface area (Å²) in [5.41, 5.74) is 0. The Labute approximate surface area is 43.0 Å². The molecule has 1 atom stereocenters. The quantitative estimate of drug-likeness (QED) is 0.470. The highest BCUT2D eigenvalue weighted by Crippen LogP contribution is 1.96. The van der Waals surface area contributed by atoms with Crippen molar-refractivity contribution in [2.24, 2.45) is 0 Å². The Morgan fingerprint density at radius 3 is 1.50 bits per heavy atom. The van der Waals surface area contributed by atoms with Gasteiger partial charge in [-0.3, -0.25) is 0 Å². The average Bonchev–Trinajstić information content (AvgIpc) is 1.37. The molecule has 0 heterocycles. The van der Waals surface area contributed by atoms with Crippen LogP contribution in [-0.2, 0) is 4.52 Å². The maximum absolute atomic E-state index is 4.57. The lowest BCUT2D eigenvalue weighted by Gasteiger charge is -1.76. The molecule has 0 fully saturated rings. The highest BCUT2D eigenvalue weighted by atomic mass is 31.1. The first kappa shape index (κ1) is 16.2. The van der Waals surface area contributed by atoms with E-state index in [2.05, 4.69) is 4.52 Å². The van der Waals surface area contributed by atoms with Crippen LogP contribution < -0.4 is 0 Å². The first-order valence-corrected chi connectivity index (χ1v) is 2.52. The van der Waals surface area contributed by atoms with Gasteiger partial charge >= 0.3 is 0 Å². The fraction of sp³-hybridized carbons (Fsp3) is 1.00. The minimum Gasteiger partial charge on any atom is -0.366 e. The standard InChI is InChI=1S/C2H7OP.2CH4/c1-3-4-2;;/h4H,1-2H3;2*1H4. The molecule has 42 valence electrons. The van der Waals surface area contributed by atoms with Crippen molar-refractivity contribution in [3.63, 3.8) is 0 Å². The van der Waals surface area contributed by atoms with Gasteiger partial charge in [0.15, 0.2) is 0 Å². The van der Waals surface area contributed by atoms with E-state index in [4.69, 9.17) is 0 Å². The minimum absolute atomic E-state index is 0. The summed E-state index contributed by atoms with van der Waals surface area (Å²) < 4.78 is 4.57. The van der Waals surface area contributed by atoms with Gasteiger partial charge in [0, 0.05) is 15.9 Å². The predicted molar refractivity (Wildman–Crippen MR) is 34.7 cm³/mol. The Kier molecular flexibility index (Phi) is 49.0. The molecule has 0 rings (SSSR count). The van der Waals surface area contributed by atoms with Gasteiger partial charge in [0.1, 0.15) is 0 Å². The Bertz CT molecular complexity index is 9.51. The number of hydrogen-bond donors (Lipinski definition) is 0. The molecular formula is C4H15OP. The van der Waals surface area contributed by atoms with E-state index in [0.717, 1.165) is 0 Å². The van der Waals surface area contributed by atoms with Crippen LogP contribution in [0.2, 0.25) is 0 Å². The van der Waals surface area contributed by atoms with E-state index in [1.54, 1.807) is 7.11 Å². The van der Waals surface area contributed by atoms with Crippen molar-refractivity contribution in [1.29, 1.82) is 0 Å². The molecule has 0 saturated carbocycles. The maximum Gasteiger partial charge on any atom is 0.0394 e. The van der Waals surface area contributed by atoms with E-state index in [0.29, 0.717) is 8.81 Å². The van der Waals surface area contributed by atoms with E-state index in [-0.39, 0.29) is 14.9 Å². The Hall–Kier alpha value is 0.390. The van der Waals surface area contributed by atoms with Crippen LogP contribution in [0, 0.1) is 0 Å². The molecule has 0 amide bonds. The molecule has 0 aliphatic carbocycles. The third-order valence-electron chi connectivity index (χ3n) is 0.204. The lowest BCUT2D eigenvalue weighted by atomic mass is 11.8. The van der Waals surface area contributed by atoms with Gasteiger partial charge < -0.3 is 4.52 Å². The molecule has 0 aliphatic heterocycles. The highest BCUT2D eigenvalue weighted by Gasteiger charge is 1.51. The Balaban J connectivity index is -0.0000000450. The van der Waals surface area contributed by atoms with Crippen LogP contribution in [0.15, 0.2) is 0 Å². The van der Waals surface area contributed by atoms with Gasteiger partial charge in [-0.25, -0.2) is 0 Å². The number of hydrogen-bond acceptors (Lipinski definition) is 1. The highest BCUT2D eigenvalue weighted by molar-refractivity contribution is 7.31. The average molecular weight is 110 g/mol. The van der Waals surface area contributed by atoms with Crippen LogP contribution >= 0.6 is 8.81 Å². The summed E-state index contributed by atoms with van der Waals surface area (Å²) in [5, 5.41) is 0. The molecule has 0 bridgehead atoms. The molecule has 0 aromatic heterocycles. The van der Waals surface area contributed by atoms with Crippen molar-refractivity contribution in [2.75, 3.05) is 13.8 Å². The SMILES string of the molecule is C.C.COPC. The third-order valence-corrected chi connectivity index (χ3v) is 0.612. The zero-order chi connectivity index (χ0) is 3.41. The minimum atomic E-state index is 0. The van der Waals surface area contributed by atoms with Crippen LogP contribution in [0.1, 0.15) is 14.9 Å². The van der Waals surface area contributed by atoms with Crippen LogP contribution in [0.5, 0.6) is 0 Å². The van der Waals surface area contributed by atoms with Crippen LogP contribution in [-0.4, -0.2) is 13.8 Å². The molecule has 1 nitrogen and oxygen atoms in total. The van der Waals surface area contributed by atoms with Crippen molar-refractivity contribution < 1.29 is 4.52 Å². The van der Waals surface area contributed by atoms with Crippen LogP contribution in [0.25, 0.3) is 0 Å². The van der Waals surface area contributed by atoms with Crippen LogP contribution in [0.4, 0.5) is 0 Å². The lowest BCUT2D eigenvalue weighted by Crippen LogP contribution is -1.49. The van der Waals surface area contributed by atoms with Crippen molar-refractivity contribution in [1.82, 2.24) is 0 Å². The zero-order valence-electron chi connectivity index (χ0n) is 2.91. The summed E-state index contributed by atoms with van der Waals surface area (Å²) in [5.74, 6) is 0. The molecule has 0 aromatic rings. The van der Waals surface area contributed by atoms with E-state index in [1.807, 2.05) is 6.66 Å². The second-order valence-electron chi connectivity index (χ2n) is 0.408. The topological polar surface area (TPSA) is 9.23 Å². The first-order chi connectivity index (χ1) is 1.91. The Morgan fingerprint density at radius 1 is 1.33 bits per heavy atom. The van der Waals surface area contributed by atoms with Gasteiger partial charge in [0.2, 0.25) is 0 Å². The van der Waals surface area contributed by atoms with Gasteiger partial charge in [-0.1, -0.05) is 14.9 Å². The fourth-order valence-corrected chi connectivity index (χ4v) is 0. The zero-order valence-corrected chi connectivity index (χ0v) is 3.91. The molecule has 0 spiro atoms. The fourth-order valence-electron chi connectivity index (χ4n) is 0. The summed E-state index contributed by atoms with van der Waals surface area (Å²) in [7, 11) is 2.33. The van der Waals surface area contributed by atoms with Gasteiger partial charge in [-0.15, -0.1) is 0 Å². The summed E-state index contributed by atoms with van der Waals surface area (Å²) >= 11 is 0. The summed E-state index contributed by atoms with van der Waals surface area (Å²) in [6, 6.07) is 0. The second-order valence-corrected chi connectivity index (χ2v) is 1.22. The van der Waals surface area contributed by atoms with Crippen molar-refractivity contribution in [3.05, 3.63) is 0 Å². The van der Waals surface area contributed by atoms with Crippen molar-refractivity contribution in [3.8, 4) is 0 Å². The molecule has 0 aromatic carbocycles. The van der Waals surface area contributed by atoms with Gasteiger partial charge in [-0.2, -0.15) is 0 Å². The Morgan fingerprint density at radius 2 is 1.50 bits per heavy atom. The van der Waals surface area contributed by atoms with Crippen LogP contribution in [0.3, 0.4) is 0 Å². The monoisotopic (exact) mass is 110 g/mol.